The van der Waals surface area contributed by atoms with E-state index in [1.54, 1.807) is 0 Å². The molecule has 0 amide bonds. The molecular formula is C22H26O2. The molecule has 0 bridgehead atoms. The summed E-state index contributed by atoms with van der Waals surface area (Å²) in [5, 5.41) is 0. The van der Waals surface area contributed by atoms with Crippen LogP contribution in [-0.2, 0) is 9.53 Å². The molecule has 0 aromatic heterocycles. The summed E-state index contributed by atoms with van der Waals surface area (Å²) in [6.07, 6.45) is 2.79. The van der Waals surface area contributed by atoms with Crippen molar-refractivity contribution >= 4 is 12.0 Å². The molecule has 0 radical (unpaired) electrons. The normalized spacial score (nSPS) is 18.1. The maximum absolute atomic E-state index is 11.4. The maximum atomic E-state index is 11.4. The third-order valence-electron chi connectivity index (χ3n) is 4.20. The third kappa shape index (κ3) is 5.09. The second-order valence-corrected chi connectivity index (χ2v) is 6.23. The first kappa shape index (κ1) is 18.0. The number of benzene rings is 2. The number of aryl methyl sites for hydroxylation is 2. The van der Waals surface area contributed by atoms with Crippen LogP contribution >= 0.6 is 0 Å². The standard InChI is InChI=1S/C13H16O2.C9H10/c1-3-15-13(14)12-8-11(12)10-6-4-9(2)5-7-10;1-3-9-6-4-8(2)5-7-9/h4-7,11-12H,3,8H2,1-2H3;3-7H,1H2,2H3. The van der Waals surface area contributed by atoms with E-state index in [4.69, 9.17) is 4.74 Å². The van der Waals surface area contributed by atoms with E-state index >= 15 is 0 Å². The Labute approximate surface area is 145 Å². The predicted molar refractivity (Wildman–Crippen MR) is 99.9 cm³/mol. The van der Waals surface area contributed by atoms with Crippen LogP contribution in [0.4, 0.5) is 0 Å². The Morgan fingerprint density at radius 3 is 2.12 bits per heavy atom. The lowest BCUT2D eigenvalue weighted by atomic mass is 10.1. The number of esters is 1. The van der Waals surface area contributed by atoms with E-state index in [1.807, 2.05) is 13.0 Å². The number of ether oxygens (including phenoxy) is 1. The number of hydrogen-bond donors (Lipinski definition) is 0. The van der Waals surface area contributed by atoms with E-state index in [1.165, 1.54) is 22.3 Å². The second kappa shape index (κ2) is 8.49. The zero-order chi connectivity index (χ0) is 17.5. The van der Waals surface area contributed by atoms with Crippen molar-refractivity contribution in [2.45, 2.75) is 33.1 Å². The van der Waals surface area contributed by atoms with Crippen LogP contribution in [0.1, 0.15) is 41.5 Å². The number of carbonyl (C=O) groups excluding carboxylic acids is 1. The van der Waals surface area contributed by atoms with Crippen LogP contribution in [0.15, 0.2) is 55.1 Å². The molecule has 2 aromatic carbocycles. The molecule has 2 heteroatoms. The molecule has 24 heavy (non-hydrogen) atoms. The minimum Gasteiger partial charge on any atom is -0.466 e. The number of hydrogen-bond acceptors (Lipinski definition) is 2. The van der Waals surface area contributed by atoms with Gasteiger partial charge in [0.2, 0.25) is 0 Å². The van der Waals surface area contributed by atoms with E-state index in [-0.39, 0.29) is 11.9 Å². The predicted octanol–water partition coefficient (Wildman–Crippen LogP) is 5.30. The van der Waals surface area contributed by atoms with Crippen molar-refractivity contribution in [1.82, 2.24) is 0 Å². The van der Waals surface area contributed by atoms with Crippen molar-refractivity contribution < 1.29 is 9.53 Å². The minimum atomic E-state index is -0.0388. The molecule has 2 unspecified atom stereocenters. The van der Waals surface area contributed by atoms with Crippen LogP contribution in [0.5, 0.6) is 0 Å². The lowest BCUT2D eigenvalue weighted by Crippen LogP contribution is -2.07. The van der Waals surface area contributed by atoms with Gasteiger partial charge < -0.3 is 4.74 Å². The zero-order valence-corrected chi connectivity index (χ0v) is 14.8. The average molecular weight is 322 g/mol. The van der Waals surface area contributed by atoms with E-state index in [0.29, 0.717) is 12.5 Å². The summed E-state index contributed by atoms with van der Waals surface area (Å²) in [5.74, 6) is 0.459. The lowest BCUT2D eigenvalue weighted by molar-refractivity contribution is -0.144. The lowest BCUT2D eigenvalue weighted by Gasteiger charge is -2.01. The van der Waals surface area contributed by atoms with E-state index in [0.717, 1.165) is 6.42 Å². The van der Waals surface area contributed by atoms with Crippen LogP contribution < -0.4 is 0 Å². The molecule has 0 N–H and O–H groups in total. The van der Waals surface area contributed by atoms with Crippen LogP contribution in [0.2, 0.25) is 0 Å². The average Bonchev–Trinajstić information content (AvgIpc) is 3.38. The smallest absolute Gasteiger partial charge is 0.309 e. The van der Waals surface area contributed by atoms with Crippen molar-refractivity contribution in [3.05, 3.63) is 77.4 Å². The van der Waals surface area contributed by atoms with Crippen LogP contribution in [0.3, 0.4) is 0 Å². The quantitative estimate of drug-likeness (QED) is 0.714. The van der Waals surface area contributed by atoms with Gasteiger partial charge in [-0.25, -0.2) is 0 Å². The van der Waals surface area contributed by atoms with Gasteiger partial charge in [-0.3, -0.25) is 4.79 Å². The summed E-state index contributed by atoms with van der Waals surface area (Å²) >= 11 is 0. The van der Waals surface area contributed by atoms with Gasteiger partial charge in [0.15, 0.2) is 0 Å². The molecule has 2 nitrogen and oxygen atoms in total. The Morgan fingerprint density at radius 1 is 1.08 bits per heavy atom. The van der Waals surface area contributed by atoms with Crippen LogP contribution in [0, 0.1) is 19.8 Å². The Balaban J connectivity index is 0.000000198. The first-order valence-corrected chi connectivity index (χ1v) is 8.47. The molecule has 1 aliphatic rings. The van der Waals surface area contributed by atoms with Crippen LogP contribution in [-0.4, -0.2) is 12.6 Å². The highest BCUT2D eigenvalue weighted by Gasteiger charge is 2.44. The van der Waals surface area contributed by atoms with Crippen molar-refractivity contribution in [3.63, 3.8) is 0 Å². The Morgan fingerprint density at radius 2 is 1.62 bits per heavy atom. The van der Waals surface area contributed by atoms with Crippen molar-refractivity contribution in [1.29, 1.82) is 0 Å². The summed E-state index contributed by atoms with van der Waals surface area (Å²) in [7, 11) is 0. The van der Waals surface area contributed by atoms with Gasteiger partial charge in [0, 0.05) is 0 Å². The fourth-order valence-corrected chi connectivity index (χ4v) is 2.59. The molecule has 2 aromatic rings. The van der Waals surface area contributed by atoms with Gasteiger partial charge in [-0.2, -0.15) is 0 Å². The van der Waals surface area contributed by atoms with E-state index < -0.39 is 0 Å². The zero-order valence-electron chi connectivity index (χ0n) is 14.8. The minimum absolute atomic E-state index is 0.0388. The summed E-state index contributed by atoms with van der Waals surface area (Å²) in [6, 6.07) is 16.7. The Kier molecular flexibility index (Phi) is 6.36. The van der Waals surface area contributed by atoms with Gasteiger partial charge in [0.1, 0.15) is 0 Å². The molecule has 1 aliphatic carbocycles. The molecule has 3 rings (SSSR count). The van der Waals surface area contributed by atoms with Gasteiger partial charge in [0.25, 0.3) is 0 Å². The molecule has 126 valence electrons. The molecule has 1 saturated carbocycles. The molecule has 0 spiro atoms. The Hall–Kier alpha value is -2.35. The highest BCUT2D eigenvalue weighted by molar-refractivity contribution is 5.77. The summed E-state index contributed by atoms with van der Waals surface area (Å²) in [5.41, 5.74) is 4.99. The van der Waals surface area contributed by atoms with E-state index in [2.05, 4.69) is 69.0 Å². The molecule has 0 aliphatic heterocycles. The fourth-order valence-electron chi connectivity index (χ4n) is 2.59. The van der Waals surface area contributed by atoms with Gasteiger partial charge in [-0.1, -0.05) is 72.3 Å². The molecule has 2 atom stereocenters. The maximum Gasteiger partial charge on any atom is 0.309 e. The van der Waals surface area contributed by atoms with E-state index in [9.17, 15) is 4.79 Å². The second-order valence-electron chi connectivity index (χ2n) is 6.23. The largest absolute Gasteiger partial charge is 0.466 e. The van der Waals surface area contributed by atoms with Gasteiger partial charge in [-0.05, 0) is 44.2 Å². The first-order chi connectivity index (χ1) is 11.5. The number of carbonyl (C=O) groups is 1. The summed E-state index contributed by atoms with van der Waals surface area (Å²) < 4.78 is 5.00. The van der Waals surface area contributed by atoms with Gasteiger partial charge in [-0.15, -0.1) is 0 Å². The SMILES string of the molecule is C=Cc1ccc(C)cc1.CCOC(=O)C1CC1c1ccc(C)cc1. The topological polar surface area (TPSA) is 26.3 Å². The molecule has 1 fully saturated rings. The van der Waals surface area contributed by atoms with Crippen molar-refractivity contribution in [2.75, 3.05) is 6.61 Å². The molecular weight excluding hydrogens is 296 g/mol. The first-order valence-electron chi connectivity index (χ1n) is 8.47. The summed E-state index contributed by atoms with van der Waals surface area (Å²) in [4.78, 5) is 11.4. The highest BCUT2D eigenvalue weighted by Crippen LogP contribution is 2.48. The fraction of sp³-hybridized carbons (Fsp3) is 0.318. The molecule has 0 heterocycles. The monoisotopic (exact) mass is 322 g/mol. The Bertz CT molecular complexity index is 668. The van der Waals surface area contributed by atoms with Crippen molar-refractivity contribution in [3.8, 4) is 0 Å². The van der Waals surface area contributed by atoms with Gasteiger partial charge in [0.05, 0.1) is 12.5 Å². The van der Waals surface area contributed by atoms with Gasteiger partial charge >= 0.3 is 5.97 Å². The summed E-state index contributed by atoms with van der Waals surface area (Å²) in [6.45, 7) is 10.1. The molecule has 0 saturated heterocycles. The third-order valence-corrected chi connectivity index (χ3v) is 4.20. The highest BCUT2D eigenvalue weighted by atomic mass is 16.5. The van der Waals surface area contributed by atoms with Crippen LogP contribution in [0.25, 0.3) is 6.08 Å². The van der Waals surface area contributed by atoms with Crippen molar-refractivity contribution in [2.24, 2.45) is 5.92 Å². The number of rotatable bonds is 4.